The van der Waals surface area contributed by atoms with E-state index in [-0.39, 0.29) is 5.41 Å². The summed E-state index contributed by atoms with van der Waals surface area (Å²) in [7, 11) is 3.94. The van der Waals surface area contributed by atoms with E-state index in [9.17, 15) is 0 Å². The van der Waals surface area contributed by atoms with Crippen molar-refractivity contribution in [2.45, 2.75) is 25.7 Å². The molecule has 1 aromatic heterocycles. The summed E-state index contributed by atoms with van der Waals surface area (Å²) in [4.78, 5) is 0. The zero-order valence-electron chi connectivity index (χ0n) is 8.96. The van der Waals surface area contributed by atoms with Crippen LogP contribution < -0.4 is 5.32 Å². The molecule has 0 spiro atoms. The van der Waals surface area contributed by atoms with Crippen LogP contribution in [0.25, 0.3) is 0 Å². The maximum Gasteiger partial charge on any atom is 0.0681 e. The summed E-state index contributed by atoms with van der Waals surface area (Å²) in [6.07, 6.45) is 3.11. The van der Waals surface area contributed by atoms with Crippen molar-refractivity contribution in [3.8, 4) is 0 Å². The van der Waals surface area contributed by atoms with Crippen LogP contribution in [0.2, 0.25) is 0 Å². The standard InChI is InChI=1S/C10H19N3/c1-10(2,6-7-11-3)9-5-8-13(4)12-9/h5,8,11H,6-7H2,1-4H3. The fourth-order valence-corrected chi connectivity index (χ4v) is 1.34. The molecule has 1 rings (SSSR count). The lowest BCUT2D eigenvalue weighted by atomic mass is 9.86. The van der Waals surface area contributed by atoms with Crippen molar-refractivity contribution < 1.29 is 0 Å². The van der Waals surface area contributed by atoms with Crippen LogP contribution in [-0.4, -0.2) is 23.4 Å². The Kier molecular flexibility index (Phi) is 3.09. The summed E-state index contributed by atoms with van der Waals surface area (Å²) in [6, 6.07) is 2.09. The van der Waals surface area contributed by atoms with Crippen LogP contribution in [0.3, 0.4) is 0 Å². The van der Waals surface area contributed by atoms with Gasteiger partial charge in [0.1, 0.15) is 0 Å². The molecule has 0 aromatic carbocycles. The molecule has 0 unspecified atom stereocenters. The Morgan fingerprint density at radius 1 is 1.54 bits per heavy atom. The van der Waals surface area contributed by atoms with E-state index in [1.165, 1.54) is 5.69 Å². The highest BCUT2D eigenvalue weighted by atomic mass is 15.2. The number of hydrogen-bond acceptors (Lipinski definition) is 2. The van der Waals surface area contributed by atoms with E-state index < -0.39 is 0 Å². The Morgan fingerprint density at radius 2 is 2.23 bits per heavy atom. The van der Waals surface area contributed by atoms with E-state index in [1.54, 1.807) is 0 Å². The Hall–Kier alpha value is -0.830. The minimum absolute atomic E-state index is 0.171. The third-order valence-electron chi connectivity index (χ3n) is 2.41. The van der Waals surface area contributed by atoms with Crippen molar-refractivity contribution in [3.05, 3.63) is 18.0 Å². The van der Waals surface area contributed by atoms with Crippen molar-refractivity contribution >= 4 is 0 Å². The largest absolute Gasteiger partial charge is 0.320 e. The minimum Gasteiger partial charge on any atom is -0.320 e. The molecule has 0 radical (unpaired) electrons. The van der Waals surface area contributed by atoms with E-state index >= 15 is 0 Å². The molecule has 1 heterocycles. The first-order valence-electron chi connectivity index (χ1n) is 4.71. The van der Waals surface area contributed by atoms with Gasteiger partial charge in [-0.2, -0.15) is 5.10 Å². The third kappa shape index (κ3) is 2.56. The molecule has 0 aliphatic rings. The molecule has 0 fully saturated rings. The van der Waals surface area contributed by atoms with Gasteiger partial charge in [-0.05, 0) is 26.1 Å². The molecule has 0 aliphatic heterocycles. The molecule has 1 N–H and O–H groups in total. The average molecular weight is 181 g/mol. The second-order valence-electron chi connectivity index (χ2n) is 4.11. The normalized spacial score (nSPS) is 12.0. The molecule has 3 heteroatoms. The molecule has 0 saturated heterocycles. The van der Waals surface area contributed by atoms with Gasteiger partial charge in [-0.3, -0.25) is 4.68 Å². The molecular formula is C10H19N3. The predicted octanol–water partition coefficient (Wildman–Crippen LogP) is 1.31. The molecular weight excluding hydrogens is 162 g/mol. The lowest BCUT2D eigenvalue weighted by Crippen LogP contribution is -2.24. The highest BCUT2D eigenvalue weighted by molar-refractivity contribution is 5.11. The van der Waals surface area contributed by atoms with Crippen molar-refractivity contribution in [1.82, 2.24) is 15.1 Å². The van der Waals surface area contributed by atoms with Gasteiger partial charge in [-0.15, -0.1) is 0 Å². The lowest BCUT2D eigenvalue weighted by Gasteiger charge is -2.21. The Morgan fingerprint density at radius 3 is 2.69 bits per heavy atom. The first kappa shape index (κ1) is 10.3. The summed E-state index contributed by atoms with van der Waals surface area (Å²) < 4.78 is 1.86. The van der Waals surface area contributed by atoms with E-state index in [4.69, 9.17) is 0 Å². The molecule has 0 atom stereocenters. The monoisotopic (exact) mass is 181 g/mol. The van der Waals surface area contributed by atoms with E-state index in [1.807, 2.05) is 25.0 Å². The van der Waals surface area contributed by atoms with Crippen molar-refractivity contribution in [3.63, 3.8) is 0 Å². The molecule has 3 nitrogen and oxygen atoms in total. The van der Waals surface area contributed by atoms with E-state index in [0.717, 1.165) is 13.0 Å². The fraction of sp³-hybridized carbons (Fsp3) is 0.700. The topological polar surface area (TPSA) is 29.9 Å². The lowest BCUT2D eigenvalue weighted by molar-refractivity contribution is 0.450. The molecule has 0 aliphatic carbocycles. The van der Waals surface area contributed by atoms with Gasteiger partial charge in [-0.25, -0.2) is 0 Å². The van der Waals surface area contributed by atoms with Crippen molar-refractivity contribution in [2.75, 3.05) is 13.6 Å². The number of nitrogens with one attached hydrogen (secondary N) is 1. The van der Waals surface area contributed by atoms with Crippen LogP contribution in [0.4, 0.5) is 0 Å². The number of aryl methyl sites for hydroxylation is 1. The Balaban J connectivity index is 2.68. The highest BCUT2D eigenvalue weighted by Gasteiger charge is 2.22. The van der Waals surface area contributed by atoms with Gasteiger partial charge in [0.2, 0.25) is 0 Å². The summed E-state index contributed by atoms with van der Waals surface area (Å²) in [5.41, 5.74) is 1.34. The molecule has 0 bridgehead atoms. The first-order valence-corrected chi connectivity index (χ1v) is 4.71. The van der Waals surface area contributed by atoms with Gasteiger partial charge < -0.3 is 5.32 Å². The van der Waals surface area contributed by atoms with Crippen LogP contribution in [0.15, 0.2) is 12.3 Å². The summed E-state index contributed by atoms with van der Waals surface area (Å²) >= 11 is 0. The molecule has 74 valence electrons. The minimum atomic E-state index is 0.171. The maximum absolute atomic E-state index is 4.42. The van der Waals surface area contributed by atoms with Crippen LogP contribution in [0.5, 0.6) is 0 Å². The predicted molar refractivity (Wildman–Crippen MR) is 54.8 cm³/mol. The number of hydrogen-bond donors (Lipinski definition) is 1. The zero-order chi connectivity index (χ0) is 9.90. The third-order valence-corrected chi connectivity index (χ3v) is 2.41. The number of rotatable bonds is 4. The van der Waals surface area contributed by atoms with Gasteiger partial charge in [-0.1, -0.05) is 13.8 Å². The van der Waals surface area contributed by atoms with Crippen molar-refractivity contribution in [1.29, 1.82) is 0 Å². The zero-order valence-corrected chi connectivity index (χ0v) is 8.96. The highest BCUT2D eigenvalue weighted by Crippen LogP contribution is 2.24. The van der Waals surface area contributed by atoms with Gasteiger partial charge in [0.05, 0.1) is 5.69 Å². The van der Waals surface area contributed by atoms with Gasteiger partial charge >= 0.3 is 0 Å². The second-order valence-corrected chi connectivity index (χ2v) is 4.11. The molecule has 1 aromatic rings. The smallest absolute Gasteiger partial charge is 0.0681 e. The van der Waals surface area contributed by atoms with Crippen LogP contribution >= 0.6 is 0 Å². The van der Waals surface area contributed by atoms with Crippen LogP contribution in [-0.2, 0) is 12.5 Å². The molecule has 0 amide bonds. The summed E-state index contributed by atoms with van der Waals surface area (Å²) in [5, 5.41) is 7.59. The van der Waals surface area contributed by atoms with Crippen LogP contribution in [0, 0.1) is 0 Å². The maximum atomic E-state index is 4.42. The van der Waals surface area contributed by atoms with Gasteiger partial charge in [0, 0.05) is 18.7 Å². The summed E-state index contributed by atoms with van der Waals surface area (Å²) in [6.45, 7) is 5.49. The summed E-state index contributed by atoms with van der Waals surface area (Å²) in [5.74, 6) is 0. The Bertz CT molecular complexity index is 263. The van der Waals surface area contributed by atoms with E-state index in [0.29, 0.717) is 0 Å². The van der Waals surface area contributed by atoms with Gasteiger partial charge in [0.15, 0.2) is 0 Å². The number of nitrogens with zero attached hydrogens (tertiary/aromatic N) is 2. The van der Waals surface area contributed by atoms with Crippen molar-refractivity contribution in [2.24, 2.45) is 7.05 Å². The first-order chi connectivity index (χ1) is 6.06. The molecule has 13 heavy (non-hydrogen) atoms. The van der Waals surface area contributed by atoms with Crippen LogP contribution in [0.1, 0.15) is 26.0 Å². The Labute approximate surface area is 80.1 Å². The van der Waals surface area contributed by atoms with E-state index in [2.05, 4.69) is 30.3 Å². The fourth-order valence-electron chi connectivity index (χ4n) is 1.34. The van der Waals surface area contributed by atoms with Gasteiger partial charge in [0.25, 0.3) is 0 Å². The average Bonchev–Trinajstić information content (AvgIpc) is 2.49. The molecule has 0 saturated carbocycles. The quantitative estimate of drug-likeness (QED) is 0.759. The SMILES string of the molecule is CNCCC(C)(C)c1ccn(C)n1. The second kappa shape index (κ2) is 3.92. The number of aromatic nitrogens is 2.